The summed E-state index contributed by atoms with van der Waals surface area (Å²) in [5.74, 6) is -0.730. The highest BCUT2D eigenvalue weighted by atomic mass is 16.4. The number of rotatable bonds is 6. The van der Waals surface area contributed by atoms with Gasteiger partial charge in [0.25, 0.3) is 0 Å². The fraction of sp³-hybridized carbons (Fsp3) is 0.929. The Morgan fingerprint density at radius 2 is 2.11 bits per heavy atom. The number of likely N-dealkylation sites (tertiary alicyclic amines) is 1. The van der Waals surface area contributed by atoms with Gasteiger partial charge in [-0.3, -0.25) is 4.79 Å². The van der Waals surface area contributed by atoms with Gasteiger partial charge < -0.3 is 15.3 Å². The molecular formula is C14H28N2O2. The van der Waals surface area contributed by atoms with Crippen LogP contribution >= 0.6 is 0 Å². The molecule has 0 bridgehead atoms. The van der Waals surface area contributed by atoms with Crippen LogP contribution in [-0.2, 0) is 4.79 Å². The summed E-state index contributed by atoms with van der Waals surface area (Å²) in [5, 5.41) is 12.3. The topological polar surface area (TPSA) is 52.6 Å². The van der Waals surface area contributed by atoms with Crippen LogP contribution in [0.2, 0.25) is 0 Å². The average molecular weight is 256 g/mol. The quantitative estimate of drug-likeness (QED) is 0.762. The van der Waals surface area contributed by atoms with Gasteiger partial charge in [0.1, 0.15) is 6.04 Å². The van der Waals surface area contributed by atoms with E-state index in [1.807, 2.05) is 0 Å². The Kier molecular flexibility index (Phi) is 6.09. The van der Waals surface area contributed by atoms with Gasteiger partial charge in [0.15, 0.2) is 0 Å². The Balaban J connectivity index is 2.45. The molecule has 0 radical (unpaired) electrons. The van der Waals surface area contributed by atoms with Crippen LogP contribution in [0.25, 0.3) is 0 Å². The Hall–Kier alpha value is -0.610. The van der Waals surface area contributed by atoms with Gasteiger partial charge in [-0.1, -0.05) is 20.8 Å². The van der Waals surface area contributed by atoms with Gasteiger partial charge >= 0.3 is 5.97 Å². The number of nitrogens with one attached hydrogen (secondary N) is 1. The van der Waals surface area contributed by atoms with Crippen molar-refractivity contribution in [2.75, 3.05) is 26.2 Å². The molecule has 1 atom stereocenters. The summed E-state index contributed by atoms with van der Waals surface area (Å²) in [6.07, 6.45) is 4.54. The molecule has 1 rings (SSSR count). The molecule has 0 aliphatic carbocycles. The third kappa shape index (κ3) is 5.36. The second-order valence-corrected chi connectivity index (χ2v) is 6.16. The van der Waals surface area contributed by atoms with Crippen molar-refractivity contribution < 1.29 is 9.90 Å². The smallest absolute Gasteiger partial charge is 0.322 e. The summed E-state index contributed by atoms with van der Waals surface area (Å²) in [4.78, 5) is 13.5. The molecule has 4 nitrogen and oxygen atoms in total. The van der Waals surface area contributed by atoms with E-state index >= 15 is 0 Å². The number of hydrogen-bond donors (Lipinski definition) is 2. The molecule has 106 valence electrons. The Bertz CT molecular complexity index is 267. The summed E-state index contributed by atoms with van der Waals surface area (Å²) >= 11 is 0. The fourth-order valence-corrected chi connectivity index (χ4v) is 2.47. The lowest BCUT2D eigenvalue weighted by Crippen LogP contribution is -2.46. The first kappa shape index (κ1) is 15.4. The van der Waals surface area contributed by atoms with Crippen molar-refractivity contribution in [2.45, 2.75) is 52.5 Å². The van der Waals surface area contributed by atoms with E-state index in [1.54, 1.807) is 0 Å². The van der Waals surface area contributed by atoms with E-state index in [9.17, 15) is 9.90 Å². The van der Waals surface area contributed by atoms with Crippen molar-refractivity contribution in [1.29, 1.82) is 0 Å². The highest BCUT2D eigenvalue weighted by Gasteiger charge is 2.26. The molecule has 0 aromatic heterocycles. The van der Waals surface area contributed by atoms with Crippen LogP contribution in [0.5, 0.6) is 0 Å². The highest BCUT2D eigenvalue weighted by molar-refractivity contribution is 5.73. The van der Waals surface area contributed by atoms with Crippen LogP contribution < -0.4 is 5.32 Å². The maximum atomic E-state index is 11.2. The minimum Gasteiger partial charge on any atom is -0.480 e. The van der Waals surface area contributed by atoms with E-state index in [0.717, 1.165) is 32.5 Å². The molecule has 0 saturated carbocycles. The summed E-state index contributed by atoms with van der Waals surface area (Å²) in [5.41, 5.74) is 0.407. The van der Waals surface area contributed by atoms with Crippen molar-refractivity contribution in [3.63, 3.8) is 0 Å². The third-order valence-electron chi connectivity index (χ3n) is 3.81. The number of hydrogen-bond acceptors (Lipinski definition) is 3. The van der Waals surface area contributed by atoms with Crippen LogP contribution in [0.3, 0.4) is 0 Å². The lowest BCUT2D eigenvalue weighted by molar-refractivity contribution is -0.140. The number of carboxylic acid groups (broad SMARTS) is 1. The molecule has 2 N–H and O–H groups in total. The molecular weight excluding hydrogens is 228 g/mol. The average Bonchev–Trinajstić information content (AvgIpc) is 2.45. The minimum atomic E-state index is -0.730. The Morgan fingerprint density at radius 3 is 2.72 bits per heavy atom. The van der Waals surface area contributed by atoms with Gasteiger partial charge in [0.05, 0.1) is 0 Å². The minimum absolute atomic E-state index is 0.407. The van der Waals surface area contributed by atoms with Crippen LogP contribution in [0, 0.1) is 5.41 Å². The summed E-state index contributed by atoms with van der Waals surface area (Å²) in [6, 6.07) is -0.425. The zero-order chi connectivity index (χ0) is 13.6. The van der Waals surface area contributed by atoms with E-state index < -0.39 is 12.0 Å². The Morgan fingerprint density at radius 1 is 1.39 bits per heavy atom. The number of aliphatic carboxylic acids is 1. The Labute approximate surface area is 111 Å². The molecule has 0 aromatic rings. The van der Waals surface area contributed by atoms with Crippen molar-refractivity contribution in [2.24, 2.45) is 5.41 Å². The number of carbonyl (C=O) groups is 1. The molecule has 0 spiro atoms. The number of carboxylic acids is 1. The molecule has 0 aromatic carbocycles. The van der Waals surface area contributed by atoms with Gasteiger partial charge in [-0.25, -0.2) is 0 Å². The second-order valence-electron chi connectivity index (χ2n) is 6.16. The normalized spacial score (nSPS) is 22.4. The fourth-order valence-electron chi connectivity index (χ4n) is 2.47. The van der Waals surface area contributed by atoms with Crippen molar-refractivity contribution in [3.05, 3.63) is 0 Å². The van der Waals surface area contributed by atoms with E-state index in [0.29, 0.717) is 12.0 Å². The summed E-state index contributed by atoms with van der Waals surface area (Å²) in [6.45, 7) is 10.1. The summed E-state index contributed by atoms with van der Waals surface area (Å²) < 4.78 is 0. The summed E-state index contributed by atoms with van der Waals surface area (Å²) in [7, 11) is 0. The van der Waals surface area contributed by atoms with Gasteiger partial charge in [0, 0.05) is 6.54 Å². The first-order valence-electron chi connectivity index (χ1n) is 7.13. The van der Waals surface area contributed by atoms with Crippen LogP contribution in [0.15, 0.2) is 0 Å². The molecule has 1 aliphatic heterocycles. The van der Waals surface area contributed by atoms with Crippen LogP contribution in [0.1, 0.15) is 46.5 Å². The van der Waals surface area contributed by atoms with Crippen LogP contribution in [-0.4, -0.2) is 48.2 Å². The second kappa shape index (κ2) is 7.10. The maximum absolute atomic E-state index is 11.2. The molecule has 0 amide bonds. The zero-order valence-corrected chi connectivity index (χ0v) is 12.0. The maximum Gasteiger partial charge on any atom is 0.322 e. The molecule has 1 heterocycles. The van der Waals surface area contributed by atoms with E-state index in [1.165, 1.54) is 12.8 Å². The van der Waals surface area contributed by atoms with Gasteiger partial charge in [-0.05, 0) is 50.7 Å². The molecule has 1 fully saturated rings. The highest BCUT2D eigenvalue weighted by Crippen LogP contribution is 2.29. The SMILES string of the molecule is CCCNC(CN1CCCC(C)(C)CC1)C(=O)O. The van der Waals surface area contributed by atoms with E-state index in [4.69, 9.17) is 0 Å². The van der Waals surface area contributed by atoms with Gasteiger partial charge in [0.2, 0.25) is 0 Å². The van der Waals surface area contributed by atoms with Gasteiger partial charge in [-0.2, -0.15) is 0 Å². The lowest BCUT2D eigenvalue weighted by Gasteiger charge is -2.26. The third-order valence-corrected chi connectivity index (χ3v) is 3.81. The first-order chi connectivity index (χ1) is 8.44. The van der Waals surface area contributed by atoms with Crippen molar-refractivity contribution in [3.8, 4) is 0 Å². The van der Waals surface area contributed by atoms with Crippen LogP contribution in [0.4, 0.5) is 0 Å². The standard InChI is InChI=1S/C14H28N2O2/c1-4-8-15-12(13(17)18)11-16-9-5-6-14(2,3)7-10-16/h12,15H,4-11H2,1-3H3,(H,17,18). The lowest BCUT2D eigenvalue weighted by atomic mass is 9.85. The monoisotopic (exact) mass is 256 g/mol. The van der Waals surface area contributed by atoms with Crippen molar-refractivity contribution in [1.82, 2.24) is 10.2 Å². The van der Waals surface area contributed by atoms with Gasteiger partial charge in [-0.15, -0.1) is 0 Å². The zero-order valence-electron chi connectivity index (χ0n) is 12.0. The molecule has 1 unspecified atom stereocenters. The molecule has 1 aliphatic rings. The predicted molar refractivity (Wildman–Crippen MR) is 73.8 cm³/mol. The number of nitrogens with zero attached hydrogens (tertiary/aromatic N) is 1. The van der Waals surface area contributed by atoms with E-state index in [2.05, 4.69) is 31.0 Å². The molecule has 1 saturated heterocycles. The molecule has 4 heteroatoms. The first-order valence-corrected chi connectivity index (χ1v) is 7.13. The van der Waals surface area contributed by atoms with Crippen molar-refractivity contribution >= 4 is 5.97 Å². The van der Waals surface area contributed by atoms with E-state index in [-0.39, 0.29) is 0 Å². The largest absolute Gasteiger partial charge is 0.480 e. The molecule has 18 heavy (non-hydrogen) atoms. The predicted octanol–water partition coefficient (Wildman–Crippen LogP) is 1.95.